The average molecular weight is 424 g/mol. The van der Waals surface area contributed by atoms with Crippen molar-refractivity contribution >= 4 is 29.4 Å². The van der Waals surface area contributed by atoms with E-state index in [0.29, 0.717) is 29.7 Å². The molecule has 9 nitrogen and oxygen atoms in total. The smallest absolute Gasteiger partial charge is 0.407 e. The lowest BCUT2D eigenvalue weighted by molar-refractivity contribution is 0.0390. The molecule has 1 N–H and O–H groups in total. The molecular formula is C19H26ClN5O4. The van der Waals surface area contributed by atoms with Gasteiger partial charge in [-0.2, -0.15) is 0 Å². The van der Waals surface area contributed by atoms with E-state index >= 15 is 0 Å². The Morgan fingerprint density at radius 1 is 1.28 bits per heavy atom. The molecule has 4 rings (SSSR count). The van der Waals surface area contributed by atoms with Crippen LogP contribution in [-0.4, -0.2) is 102 Å². The molecule has 0 aromatic carbocycles. The predicted molar refractivity (Wildman–Crippen MR) is 108 cm³/mol. The van der Waals surface area contributed by atoms with E-state index in [1.165, 1.54) is 4.90 Å². The molecule has 4 heterocycles. The number of piperazine rings is 1. The van der Waals surface area contributed by atoms with E-state index in [1.54, 1.807) is 11.0 Å². The molecule has 10 heteroatoms. The van der Waals surface area contributed by atoms with Crippen LogP contribution in [0.3, 0.4) is 0 Å². The van der Waals surface area contributed by atoms with Crippen LogP contribution in [0.5, 0.6) is 5.75 Å². The highest BCUT2D eigenvalue weighted by Gasteiger charge is 2.39. The van der Waals surface area contributed by atoms with Gasteiger partial charge in [0.15, 0.2) is 0 Å². The number of carbonyl (C=O) groups excluding carboxylic acids is 1. The van der Waals surface area contributed by atoms with Crippen molar-refractivity contribution in [1.82, 2.24) is 19.7 Å². The third-order valence-electron chi connectivity index (χ3n) is 6.09. The summed E-state index contributed by atoms with van der Waals surface area (Å²) in [4.78, 5) is 36.7. The second kappa shape index (κ2) is 7.87. The lowest BCUT2D eigenvalue weighted by Gasteiger charge is -2.39. The van der Waals surface area contributed by atoms with Crippen molar-refractivity contribution in [1.29, 1.82) is 0 Å². The lowest BCUT2D eigenvalue weighted by Crippen LogP contribution is -2.57. The number of ether oxygens (including phenoxy) is 1. The van der Waals surface area contributed by atoms with Gasteiger partial charge in [0.05, 0.1) is 6.04 Å². The Kier molecular flexibility index (Phi) is 5.44. The maximum atomic E-state index is 13.5. The Hall–Kier alpha value is -2.26. The van der Waals surface area contributed by atoms with E-state index in [0.717, 1.165) is 25.9 Å². The van der Waals surface area contributed by atoms with Crippen LogP contribution < -0.4 is 9.64 Å². The Balaban J connectivity index is 1.63. The molecule has 2 fully saturated rings. The Labute approximate surface area is 174 Å². The van der Waals surface area contributed by atoms with E-state index in [-0.39, 0.29) is 36.8 Å². The van der Waals surface area contributed by atoms with E-state index in [2.05, 4.69) is 28.9 Å². The highest BCUT2D eigenvalue weighted by molar-refractivity contribution is 6.30. The average Bonchev–Trinajstić information content (AvgIpc) is 2.84. The minimum atomic E-state index is -0.979. The van der Waals surface area contributed by atoms with E-state index < -0.39 is 6.09 Å². The van der Waals surface area contributed by atoms with Gasteiger partial charge in [0, 0.05) is 44.8 Å². The Morgan fingerprint density at radius 3 is 2.66 bits per heavy atom. The second-order valence-corrected chi connectivity index (χ2v) is 8.40. The third-order valence-corrected chi connectivity index (χ3v) is 6.28. The molecule has 0 radical (unpaired) electrons. The summed E-state index contributed by atoms with van der Waals surface area (Å²) in [5.74, 6) is 0.827. The summed E-state index contributed by atoms with van der Waals surface area (Å²) >= 11 is 6.26. The number of amides is 2. The number of nitrogens with zero attached hydrogens (tertiary/aromatic N) is 5. The molecule has 2 saturated heterocycles. The summed E-state index contributed by atoms with van der Waals surface area (Å²) in [5, 5.41) is 9.58. The fourth-order valence-corrected chi connectivity index (χ4v) is 4.57. The van der Waals surface area contributed by atoms with E-state index in [1.807, 2.05) is 0 Å². The van der Waals surface area contributed by atoms with Crippen LogP contribution in [0.1, 0.15) is 23.2 Å². The molecule has 1 aromatic rings. The number of carbonyl (C=O) groups is 2. The van der Waals surface area contributed by atoms with Crippen LogP contribution in [0.4, 0.5) is 10.6 Å². The number of halogens is 1. The fraction of sp³-hybridized carbons (Fsp3) is 0.632. The highest BCUT2D eigenvalue weighted by atomic mass is 35.5. The number of anilines is 1. The van der Waals surface area contributed by atoms with Crippen molar-refractivity contribution in [2.75, 3.05) is 58.3 Å². The largest absolute Gasteiger partial charge is 0.490 e. The minimum Gasteiger partial charge on any atom is -0.490 e. The lowest BCUT2D eigenvalue weighted by atomic mass is 10.0. The van der Waals surface area contributed by atoms with Crippen molar-refractivity contribution in [3.63, 3.8) is 0 Å². The third kappa shape index (κ3) is 3.81. The number of piperidine rings is 1. The molecule has 0 spiro atoms. The molecule has 2 amide bonds. The van der Waals surface area contributed by atoms with Gasteiger partial charge in [0.2, 0.25) is 0 Å². The zero-order chi connectivity index (χ0) is 20.7. The standard InChI is InChI=1S/C19H26ClN5O4/c1-22(2)12-3-5-23(6-4-12)17-16-14(9-15(20)21-17)29-11-13-10-24(19(27)28)7-8-25(13)18(16)26/h9,12-13H,3-8,10-11H2,1-2H3,(H,27,28)/t13-/m1/s1. The normalized spacial score (nSPS) is 22.8. The van der Waals surface area contributed by atoms with Gasteiger partial charge in [-0.15, -0.1) is 0 Å². The molecule has 0 aliphatic carbocycles. The maximum absolute atomic E-state index is 13.5. The number of rotatable bonds is 2. The molecule has 1 atom stereocenters. The molecule has 1 aromatic heterocycles. The SMILES string of the molecule is CN(C)C1CCN(c2nc(Cl)cc3c2C(=O)N2CCN(C(=O)O)C[C@@H]2CO3)CC1. The van der Waals surface area contributed by atoms with Gasteiger partial charge in [-0.1, -0.05) is 11.6 Å². The number of pyridine rings is 1. The van der Waals surface area contributed by atoms with Crippen LogP contribution in [0.25, 0.3) is 0 Å². The Bertz CT molecular complexity index is 812. The summed E-state index contributed by atoms with van der Waals surface area (Å²) in [6, 6.07) is 1.76. The van der Waals surface area contributed by atoms with Crippen molar-refractivity contribution in [3.8, 4) is 5.75 Å². The van der Waals surface area contributed by atoms with Crippen LogP contribution in [0.15, 0.2) is 6.07 Å². The Morgan fingerprint density at radius 2 is 2.00 bits per heavy atom. The monoisotopic (exact) mass is 423 g/mol. The van der Waals surface area contributed by atoms with Gasteiger partial charge in [0.25, 0.3) is 5.91 Å². The van der Waals surface area contributed by atoms with Crippen molar-refractivity contribution in [2.45, 2.75) is 24.9 Å². The van der Waals surface area contributed by atoms with Gasteiger partial charge in [-0.3, -0.25) is 4.79 Å². The minimum absolute atomic E-state index is 0.165. The van der Waals surface area contributed by atoms with Crippen LogP contribution in [0.2, 0.25) is 5.15 Å². The van der Waals surface area contributed by atoms with Gasteiger partial charge in [0.1, 0.15) is 28.9 Å². The quantitative estimate of drug-likeness (QED) is 0.720. The number of hydrogen-bond donors (Lipinski definition) is 1. The summed E-state index contributed by atoms with van der Waals surface area (Å²) < 4.78 is 5.95. The van der Waals surface area contributed by atoms with Crippen LogP contribution in [-0.2, 0) is 0 Å². The first-order valence-electron chi connectivity index (χ1n) is 9.88. The van der Waals surface area contributed by atoms with Crippen molar-refractivity contribution < 1.29 is 19.4 Å². The molecular weight excluding hydrogens is 398 g/mol. The van der Waals surface area contributed by atoms with Crippen LogP contribution >= 0.6 is 11.6 Å². The first-order valence-corrected chi connectivity index (χ1v) is 10.3. The van der Waals surface area contributed by atoms with E-state index in [4.69, 9.17) is 16.3 Å². The maximum Gasteiger partial charge on any atom is 0.407 e. The fourth-order valence-electron chi connectivity index (χ4n) is 4.39. The number of carboxylic acid groups (broad SMARTS) is 1. The number of fused-ring (bicyclic) bond motifs is 2. The molecule has 29 heavy (non-hydrogen) atoms. The van der Waals surface area contributed by atoms with Crippen LogP contribution in [0, 0.1) is 0 Å². The summed E-state index contributed by atoms with van der Waals surface area (Å²) in [5.41, 5.74) is 0.434. The number of hydrogen-bond acceptors (Lipinski definition) is 6. The summed E-state index contributed by atoms with van der Waals surface area (Å²) in [6.45, 7) is 2.66. The zero-order valence-corrected chi connectivity index (χ0v) is 17.4. The molecule has 0 bridgehead atoms. The molecule has 0 unspecified atom stereocenters. The van der Waals surface area contributed by atoms with Gasteiger partial charge in [-0.05, 0) is 26.9 Å². The van der Waals surface area contributed by atoms with Crippen molar-refractivity contribution in [2.24, 2.45) is 0 Å². The summed E-state index contributed by atoms with van der Waals surface area (Å²) in [6.07, 6.45) is 0.976. The second-order valence-electron chi connectivity index (χ2n) is 8.02. The summed E-state index contributed by atoms with van der Waals surface area (Å²) in [7, 11) is 4.16. The first-order chi connectivity index (χ1) is 13.8. The predicted octanol–water partition coefficient (Wildman–Crippen LogP) is 1.46. The van der Waals surface area contributed by atoms with E-state index in [9.17, 15) is 14.7 Å². The molecule has 0 saturated carbocycles. The molecule has 158 valence electrons. The highest BCUT2D eigenvalue weighted by Crippen LogP contribution is 2.36. The van der Waals surface area contributed by atoms with Crippen molar-refractivity contribution in [3.05, 3.63) is 16.8 Å². The van der Waals surface area contributed by atoms with Gasteiger partial charge >= 0.3 is 6.09 Å². The molecule has 3 aliphatic rings. The zero-order valence-electron chi connectivity index (χ0n) is 16.7. The topological polar surface area (TPSA) is 89.5 Å². The number of aromatic nitrogens is 1. The first kappa shape index (κ1) is 20.0. The van der Waals surface area contributed by atoms with Gasteiger partial charge in [-0.25, -0.2) is 9.78 Å². The molecule has 3 aliphatic heterocycles. The van der Waals surface area contributed by atoms with Gasteiger partial charge < -0.3 is 29.4 Å².